The zero-order valence-electron chi connectivity index (χ0n) is 17.5. The van der Waals surface area contributed by atoms with Gasteiger partial charge in [-0.2, -0.15) is 0 Å². The van der Waals surface area contributed by atoms with Gasteiger partial charge in [-0.15, -0.1) is 0 Å². The monoisotopic (exact) mass is 390 g/mol. The van der Waals surface area contributed by atoms with Crippen molar-refractivity contribution in [1.29, 1.82) is 0 Å². The van der Waals surface area contributed by atoms with E-state index in [9.17, 15) is 4.79 Å². The predicted molar refractivity (Wildman–Crippen MR) is 121 cm³/mol. The van der Waals surface area contributed by atoms with Gasteiger partial charge in [0.05, 0.1) is 5.52 Å². The topological polar surface area (TPSA) is 80.0 Å². The summed E-state index contributed by atoms with van der Waals surface area (Å²) >= 11 is 0. The number of nitrogens with two attached hydrogens (primary N) is 1. The van der Waals surface area contributed by atoms with Crippen molar-refractivity contribution in [2.45, 2.75) is 45.6 Å². The molecule has 4 N–H and O–H groups in total. The largest absolute Gasteiger partial charge is 0.355 e. The Hall–Kier alpha value is -2.92. The smallest absolute Gasteiger partial charge is 0.251 e. The zero-order chi connectivity index (χ0) is 20.9. The number of unbranched alkanes of at least 4 members (excludes halogenated alkanes) is 1. The van der Waals surface area contributed by atoms with E-state index in [1.54, 1.807) is 0 Å². The second-order valence-electron chi connectivity index (χ2n) is 8.12. The SMILES string of the molecule is Cc1cc(Nc2cccc(C(=O)NC(C)(C)CCCCN)c2)c2ccccc2n1. The molecule has 0 radical (unpaired) electrons. The average molecular weight is 391 g/mol. The van der Waals surface area contributed by atoms with Gasteiger partial charge in [0.1, 0.15) is 0 Å². The molecular weight excluding hydrogens is 360 g/mol. The molecule has 5 nitrogen and oxygen atoms in total. The molecule has 1 aromatic heterocycles. The normalized spacial score (nSPS) is 11.4. The summed E-state index contributed by atoms with van der Waals surface area (Å²) in [5.74, 6) is -0.0674. The molecule has 0 saturated heterocycles. The highest BCUT2D eigenvalue weighted by Gasteiger charge is 2.20. The molecule has 2 aromatic carbocycles. The molecule has 3 rings (SSSR count). The minimum absolute atomic E-state index is 0.0674. The highest BCUT2D eigenvalue weighted by atomic mass is 16.1. The van der Waals surface area contributed by atoms with Crippen LogP contribution in [0.2, 0.25) is 0 Å². The van der Waals surface area contributed by atoms with Gasteiger partial charge in [0, 0.05) is 33.6 Å². The van der Waals surface area contributed by atoms with E-state index in [4.69, 9.17) is 5.73 Å². The number of para-hydroxylation sites is 1. The molecule has 1 amide bonds. The maximum absolute atomic E-state index is 12.8. The molecule has 0 aliphatic carbocycles. The number of carbonyl (C=O) groups excluding carboxylic acids is 1. The first-order valence-electron chi connectivity index (χ1n) is 10.1. The Morgan fingerprint density at radius 2 is 1.86 bits per heavy atom. The van der Waals surface area contributed by atoms with Gasteiger partial charge >= 0.3 is 0 Å². The van der Waals surface area contributed by atoms with E-state index in [1.165, 1.54) is 0 Å². The molecule has 0 aliphatic heterocycles. The fraction of sp³-hybridized carbons (Fsp3) is 0.333. The molecule has 0 spiro atoms. The van der Waals surface area contributed by atoms with Crippen molar-refractivity contribution in [2.75, 3.05) is 11.9 Å². The maximum Gasteiger partial charge on any atom is 0.251 e. The summed E-state index contributed by atoms with van der Waals surface area (Å²) in [5, 5.41) is 7.65. The Morgan fingerprint density at radius 1 is 1.07 bits per heavy atom. The van der Waals surface area contributed by atoms with Crippen LogP contribution in [-0.4, -0.2) is 23.0 Å². The molecule has 0 fully saturated rings. The molecule has 1 heterocycles. The Labute approximate surface area is 172 Å². The molecule has 0 aliphatic rings. The Kier molecular flexibility index (Phi) is 6.49. The highest BCUT2D eigenvalue weighted by Crippen LogP contribution is 2.27. The number of nitrogens with one attached hydrogen (secondary N) is 2. The second kappa shape index (κ2) is 9.05. The number of hydrogen-bond donors (Lipinski definition) is 3. The van der Waals surface area contributed by atoms with Crippen molar-refractivity contribution in [1.82, 2.24) is 10.3 Å². The van der Waals surface area contributed by atoms with Crippen molar-refractivity contribution < 1.29 is 4.79 Å². The third-order valence-corrected chi connectivity index (χ3v) is 4.96. The van der Waals surface area contributed by atoms with E-state index in [0.717, 1.165) is 47.2 Å². The lowest BCUT2D eigenvalue weighted by Crippen LogP contribution is -2.43. The van der Waals surface area contributed by atoms with Crippen LogP contribution in [0.3, 0.4) is 0 Å². The molecule has 152 valence electrons. The molecule has 0 saturated carbocycles. The number of benzene rings is 2. The van der Waals surface area contributed by atoms with Gasteiger partial charge in [0.2, 0.25) is 0 Å². The number of anilines is 2. The van der Waals surface area contributed by atoms with Crippen molar-refractivity contribution in [2.24, 2.45) is 5.73 Å². The minimum atomic E-state index is -0.270. The standard InChI is InChI=1S/C24H30N4O/c1-17-15-22(20-11-4-5-12-21(20)26-17)27-19-10-8-9-18(16-19)23(29)28-24(2,3)13-6-7-14-25/h4-5,8-12,15-16H,6-7,13-14,25H2,1-3H3,(H,26,27)(H,28,29). The molecular formula is C24H30N4O. The third kappa shape index (κ3) is 5.55. The van der Waals surface area contributed by atoms with Gasteiger partial charge in [-0.25, -0.2) is 0 Å². The molecule has 0 unspecified atom stereocenters. The van der Waals surface area contributed by atoms with Gasteiger partial charge in [0.25, 0.3) is 5.91 Å². The average Bonchev–Trinajstić information content (AvgIpc) is 2.68. The predicted octanol–water partition coefficient (Wildman–Crippen LogP) is 4.92. The number of fused-ring (bicyclic) bond motifs is 1. The number of carbonyl (C=O) groups is 1. The summed E-state index contributed by atoms with van der Waals surface area (Å²) in [6.45, 7) is 6.76. The number of nitrogens with zero attached hydrogens (tertiary/aromatic N) is 1. The van der Waals surface area contributed by atoms with Gasteiger partial charge in [-0.05, 0) is 76.9 Å². The molecule has 0 bridgehead atoms. The lowest BCUT2D eigenvalue weighted by atomic mass is 9.96. The Morgan fingerprint density at radius 3 is 2.66 bits per heavy atom. The van der Waals surface area contributed by atoms with Crippen LogP contribution in [-0.2, 0) is 0 Å². The van der Waals surface area contributed by atoms with E-state index >= 15 is 0 Å². The maximum atomic E-state index is 12.8. The van der Waals surface area contributed by atoms with Crippen LogP contribution >= 0.6 is 0 Å². The molecule has 3 aromatic rings. The Balaban J connectivity index is 1.77. The quantitative estimate of drug-likeness (QED) is 0.477. The van der Waals surface area contributed by atoms with Crippen LogP contribution in [0.5, 0.6) is 0 Å². The van der Waals surface area contributed by atoms with E-state index in [-0.39, 0.29) is 11.4 Å². The summed E-state index contributed by atoms with van der Waals surface area (Å²) < 4.78 is 0. The lowest BCUT2D eigenvalue weighted by molar-refractivity contribution is 0.0908. The van der Waals surface area contributed by atoms with Crippen LogP contribution in [0.15, 0.2) is 54.6 Å². The van der Waals surface area contributed by atoms with Crippen LogP contribution in [0.4, 0.5) is 11.4 Å². The summed E-state index contributed by atoms with van der Waals surface area (Å²) in [5.41, 5.74) is 9.68. The van der Waals surface area contributed by atoms with Gasteiger partial charge in [-0.1, -0.05) is 24.3 Å². The van der Waals surface area contributed by atoms with Gasteiger partial charge < -0.3 is 16.4 Å². The summed E-state index contributed by atoms with van der Waals surface area (Å²) in [4.78, 5) is 17.4. The summed E-state index contributed by atoms with van der Waals surface area (Å²) in [6.07, 6.45) is 2.87. The number of hydrogen-bond acceptors (Lipinski definition) is 4. The van der Waals surface area contributed by atoms with Crippen molar-refractivity contribution >= 4 is 28.2 Å². The number of aromatic nitrogens is 1. The van der Waals surface area contributed by atoms with Gasteiger partial charge in [0.15, 0.2) is 0 Å². The van der Waals surface area contributed by atoms with Gasteiger partial charge in [-0.3, -0.25) is 9.78 Å². The van der Waals surface area contributed by atoms with Crippen LogP contribution in [0, 0.1) is 6.92 Å². The number of aryl methyl sites for hydroxylation is 1. The van der Waals surface area contributed by atoms with E-state index in [2.05, 4.69) is 29.5 Å². The van der Waals surface area contributed by atoms with E-state index in [1.807, 2.05) is 61.5 Å². The Bertz CT molecular complexity index is 997. The minimum Gasteiger partial charge on any atom is -0.355 e. The second-order valence-corrected chi connectivity index (χ2v) is 8.12. The zero-order valence-corrected chi connectivity index (χ0v) is 17.5. The first-order chi connectivity index (χ1) is 13.9. The highest BCUT2D eigenvalue weighted by molar-refractivity contribution is 5.97. The van der Waals surface area contributed by atoms with Crippen LogP contribution < -0.4 is 16.4 Å². The first kappa shape index (κ1) is 20.8. The third-order valence-electron chi connectivity index (χ3n) is 4.96. The molecule has 29 heavy (non-hydrogen) atoms. The summed E-state index contributed by atoms with van der Waals surface area (Å²) in [7, 11) is 0. The van der Waals surface area contributed by atoms with Crippen molar-refractivity contribution in [3.05, 3.63) is 65.9 Å². The summed E-state index contributed by atoms with van der Waals surface area (Å²) in [6, 6.07) is 17.6. The lowest BCUT2D eigenvalue weighted by Gasteiger charge is -2.26. The first-order valence-corrected chi connectivity index (χ1v) is 10.1. The molecule has 5 heteroatoms. The van der Waals surface area contributed by atoms with Crippen molar-refractivity contribution in [3.63, 3.8) is 0 Å². The van der Waals surface area contributed by atoms with Crippen LogP contribution in [0.25, 0.3) is 10.9 Å². The van der Waals surface area contributed by atoms with E-state index in [0.29, 0.717) is 12.1 Å². The number of rotatable bonds is 8. The molecule has 0 atom stereocenters. The van der Waals surface area contributed by atoms with E-state index < -0.39 is 0 Å². The fourth-order valence-electron chi connectivity index (χ4n) is 3.46. The number of pyridine rings is 1. The van der Waals surface area contributed by atoms with Crippen LogP contribution in [0.1, 0.15) is 49.2 Å². The number of amides is 1. The fourth-order valence-corrected chi connectivity index (χ4v) is 3.46. The van der Waals surface area contributed by atoms with Crippen molar-refractivity contribution in [3.8, 4) is 0 Å².